The number of hydrogen-bond donors (Lipinski definition) is 1. The van der Waals surface area contributed by atoms with Gasteiger partial charge in [-0.05, 0) is 55.9 Å². The molecule has 1 N–H and O–H groups in total. The first-order chi connectivity index (χ1) is 18.9. The summed E-state index contributed by atoms with van der Waals surface area (Å²) in [5.41, 5.74) is 1.88. The van der Waals surface area contributed by atoms with Crippen LogP contribution >= 0.6 is 11.3 Å². The number of carbonyl (C=O) groups is 1. The number of fused-ring (bicyclic) bond motifs is 2. The molecule has 202 valence electrons. The standard InChI is InChI=1S/C30H30N2O6S/c1-5-38-30(35)26-21-14-17(2)10-13-25(21)39-27(26)31-16-22-19-8-6-7-9-20(19)28(33)32(29(22)34)18-11-12-23(36-3)24(15-18)37-4/h6-9,11-12,15-17,34H,5,10,13-14H2,1-4H3/b31-16+. The molecule has 0 aliphatic heterocycles. The highest BCUT2D eigenvalue weighted by Crippen LogP contribution is 2.42. The fourth-order valence-electron chi connectivity index (χ4n) is 5.06. The number of carbonyl (C=O) groups excluding carboxylic acids is 1. The zero-order valence-electron chi connectivity index (χ0n) is 22.3. The van der Waals surface area contributed by atoms with Crippen molar-refractivity contribution >= 4 is 39.3 Å². The first-order valence-corrected chi connectivity index (χ1v) is 13.6. The number of hydrogen-bond acceptors (Lipinski definition) is 8. The number of thiophene rings is 1. The van der Waals surface area contributed by atoms with Crippen LogP contribution in [-0.2, 0) is 17.6 Å². The maximum atomic E-state index is 13.5. The first-order valence-electron chi connectivity index (χ1n) is 12.8. The number of rotatable bonds is 7. The van der Waals surface area contributed by atoms with E-state index < -0.39 is 0 Å². The molecule has 1 atom stereocenters. The molecule has 8 nitrogen and oxygen atoms in total. The van der Waals surface area contributed by atoms with Crippen molar-refractivity contribution in [3.63, 3.8) is 0 Å². The quantitative estimate of drug-likeness (QED) is 0.231. The Morgan fingerprint density at radius 2 is 1.90 bits per heavy atom. The number of ether oxygens (including phenoxy) is 3. The number of benzene rings is 2. The van der Waals surface area contributed by atoms with Crippen LogP contribution in [0.1, 0.15) is 46.6 Å². The third-order valence-electron chi connectivity index (χ3n) is 7.01. The van der Waals surface area contributed by atoms with Gasteiger partial charge in [0.1, 0.15) is 5.00 Å². The number of nitrogens with zero attached hydrogens (tertiary/aromatic N) is 2. The Labute approximate surface area is 230 Å². The second-order valence-electron chi connectivity index (χ2n) is 9.47. The van der Waals surface area contributed by atoms with E-state index in [4.69, 9.17) is 19.2 Å². The zero-order valence-corrected chi connectivity index (χ0v) is 23.1. The molecule has 5 rings (SSSR count). The lowest BCUT2D eigenvalue weighted by Gasteiger charge is -2.18. The van der Waals surface area contributed by atoms with Crippen LogP contribution in [0.15, 0.2) is 52.3 Å². The highest BCUT2D eigenvalue weighted by Gasteiger charge is 2.28. The van der Waals surface area contributed by atoms with E-state index in [-0.39, 0.29) is 24.0 Å². The predicted octanol–water partition coefficient (Wildman–Crippen LogP) is 5.83. The SMILES string of the molecule is CCOC(=O)c1c(/N=C/c2c(O)n(-c3ccc(OC)c(OC)c3)c(=O)c3ccccc23)sc2c1CC(C)CC2. The number of pyridine rings is 1. The number of aryl methyl sites for hydroxylation is 1. The highest BCUT2D eigenvalue weighted by molar-refractivity contribution is 7.16. The molecule has 0 saturated heterocycles. The van der Waals surface area contributed by atoms with Gasteiger partial charge < -0.3 is 19.3 Å². The molecule has 0 radical (unpaired) electrons. The van der Waals surface area contributed by atoms with Gasteiger partial charge in [-0.1, -0.05) is 25.1 Å². The molecular weight excluding hydrogens is 516 g/mol. The maximum Gasteiger partial charge on any atom is 0.341 e. The Kier molecular flexibility index (Phi) is 7.43. The molecule has 4 aromatic rings. The van der Waals surface area contributed by atoms with Crippen LogP contribution in [0.4, 0.5) is 5.00 Å². The molecule has 2 aromatic carbocycles. The summed E-state index contributed by atoms with van der Waals surface area (Å²) >= 11 is 1.48. The molecule has 0 spiro atoms. The van der Waals surface area contributed by atoms with Crippen LogP contribution in [-0.4, -0.2) is 42.7 Å². The van der Waals surface area contributed by atoms with Gasteiger partial charge in [-0.15, -0.1) is 11.3 Å². The third kappa shape index (κ3) is 4.78. The van der Waals surface area contributed by atoms with Gasteiger partial charge in [0.05, 0.1) is 37.6 Å². The van der Waals surface area contributed by atoms with Crippen molar-refractivity contribution in [3.8, 4) is 23.1 Å². The van der Waals surface area contributed by atoms with Crippen LogP contribution in [0.25, 0.3) is 16.5 Å². The molecule has 0 saturated carbocycles. The molecule has 0 bridgehead atoms. The van der Waals surface area contributed by atoms with E-state index in [1.54, 1.807) is 49.4 Å². The fourth-order valence-corrected chi connectivity index (χ4v) is 6.24. The zero-order chi connectivity index (χ0) is 27.7. The van der Waals surface area contributed by atoms with Crippen molar-refractivity contribution in [2.75, 3.05) is 20.8 Å². The first kappa shape index (κ1) is 26.5. The summed E-state index contributed by atoms with van der Waals surface area (Å²) in [4.78, 5) is 32.4. The summed E-state index contributed by atoms with van der Waals surface area (Å²) in [6.07, 6.45) is 4.27. The molecule has 1 unspecified atom stereocenters. The third-order valence-corrected chi connectivity index (χ3v) is 8.21. The van der Waals surface area contributed by atoms with E-state index in [1.807, 2.05) is 0 Å². The molecule has 1 aliphatic rings. The minimum Gasteiger partial charge on any atom is -0.494 e. The topological polar surface area (TPSA) is 99.3 Å². The minimum absolute atomic E-state index is 0.268. The number of aromatic nitrogens is 1. The highest BCUT2D eigenvalue weighted by atomic mass is 32.1. The van der Waals surface area contributed by atoms with Gasteiger partial charge >= 0.3 is 5.97 Å². The van der Waals surface area contributed by atoms with E-state index in [9.17, 15) is 14.7 Å². The number of esters is 1. The van der Waals surface area contributed by atoms with Crippen LogP contribution < -0.4 is 15.0 Å². The van der Waals surface area contributed by atoms with Crippen molar-refractivity contribution in [2.24, 2.45) is 10.9 Å². The van der Waals surface area contributed by atoms with Crippen molar-refractivity contribution in [1.29, 1.82) is 0 Å². The number of aliphatic imine (C=N–C) groups is 1. The predicted molar refractivity (Wildman–Crippen MR) is 153 cm³/mol. The van der Waals surface area contributed by atoms with Gasteiger partial charge in [0.2, 0.25) is 5.88 Å². The van der Waals surface area contributed by atoms with Crippen molar-refractivity contribution in [1.82, 2.24) is 4.57 Å². The number of aromatic hydroxyl groups is 1. The summed E-state index contributed by atoms with van der Waals surface area (Å²) in [6.45, 7) is 4.23. The van der Waals surface area contributed by atoms with Gasteiger partial charge in [0.25, 0.3) is 5.56 Å². The molecule has 2 heterocycles. The Hall–Kier alpha value is -4.11. The average Bonchev–Trinajstić information content (AvgIpc) is 3.30. The van der Waals surface area contributed by atoms with E-state index >= 15 is 0 Å². The van der Waals surface area contributed by atoms with Crippen LogP contribution in [0.5, 0.6) is 17.4 Å². The molecule has 2 aromatic heterocycles. The van der Waals surface area contributed by atoms with E-state index in [1.165, 1.54) is 36.3 Å². The maximum absolute atomic E-state index is 13.5. The number of methoxy groups -OCH3 is 2. The van der Waals surface area contributed by atoms with Gasteiger partial charge in [0.15, 0.2) is 11.5 Å². The Morgan fingerprint density at radius 1 is 1.15 bits per heavy atom. The summed E-state index contributed by atoms with van der Waals surface area (Å²) in [5.74, 6) is 0.721. The molecule has 1 aliphatic carbocycles. The Bertz CT molecular complexity index is 1650. The van der Waals surface area contributed by atoms with Crippen LogP contribution in [0, 0.1) is 5.92 Å². The normalized spacial score (nSPS) is 14.9. The lowest BCUT2D eigenvalue weighted by Crippen LogP contribution is -2.20. The minimum atomic E-state index is -0.389. The largest absolute Gasteiger partial charge is 0.494 e. The summed E-state index contributed by atoms with van der Waals surface area (Å²) < 4.78 is 17.3. The van der Waals surface area contributed by atoms with Gasteiger partial charge in [-0.2, -0.15) is 0 Å². The average molecular weight is 547 g/mol. The second kappa shape index (κ2) is 10.9. The van der Waals surface area contributed by atoms with Crippen molar-refractivity contribution < 1.29 is 24.1 Å². The molecule has 39 heavy (non-hydrogen) atoms. The lowest BCUT2D eigenvalue weighted by molar-refractivity contribution is 0.0526. The van der Waals surface area contributed by atoms with Crippen molar-refractivity contribution in [2.45, 2.75) is 33.1 Å². The molecule has 9 heteroatoms. The Balaban J connectivity index is 1.70. The summed E-state index contributed by atoms with van der Waals surface area (Å²) in [7, 11) is 3.03. The van der Waals surface area contributed by atoms with Gasteiger partial charge in [-0.3, -0.25) is 4.79 Å². The van der Waals surface area contributed by atoms with E-state index in [0.29, 0.717) is 50.0 Å². The van der Waals surface area contributed by atoms with Crippen molar-refractivity contribution in [3.05, 3.63) is 74.4 Å². The smallest absolute Gasteiger partial charge is 0.341 e. The van der Waals surface area contributed by atoms with E-state index in [0.717, 1.165) is 29.7 Å². The fraction of sp³-hybridized carbons (Fsp3) is 0.300. The Morgan fingerprint density at radius 3 is 2.62 bits per heavy atom. The van der Waals surface area contributed by atoms with Crippen LogP contribution in [0.3, 0.4) is 0 Å². The van der Waals surface area contributed by atoms with E-state index in [2.05, 4.69) is 6.92 Å². The second-order valence-corrected chi connectivity index (χ2v) is 10.6. The molecule has 0 fully saturated rings. The van der Waals surface area contributed by atoms with Gasteiger partial charge in [0, 0.05) is 27.9 Å². The summed E-state index contributed by atoms with van der Waals surface area (Å²) in [6, 6.07) is 12.0. The molecule has 0 amide bonds. The van der Waals surface area contributed by atoms with Crippen LogP contribution in [0.2, 0.25) is 0 Å². The lowest BCUT2D eigenvalue weighted by atomic mass is 9.88. The molecular formula is C30H30N2O6S. The monoisotopic (exact) mass is 546 g/mol. The summed E-state index contributed by atoms with van der Waals surface area (Å²) in [5, 5.41) is 13.0. The van der Waals surface area contributed by atoms with Gasteiger partial charge in [-0.25, -0.2) is 14.4 Å².